The molecule has 1 amide bonds. The van der Waals surface area contributed by atoms with Gasteiger partial charge in [-0.05, 0) is 25.3 Å². The van der Waals surface area contributed by atoms with Gasteiger partial charge < -0.3 is 5.32 Å². The van der Waals surface area contributed by atoms with Gasteiger partial charge in [0.15, 0.2) is 0 Å². The second kappa shape index (κ2) is 10.1. The average molecular weight is 430 g/mol. The molecule has 156 valence electrons. The lowest BCUT2D eigenvalue weighted by atomic mass is 10.2. The highest BCUT2D eigenvalue weighted by atomic mass is 32.2. The van der Waals surface area contributed by atoms with Gasteiger partial charge in [-0.3, -0.25) is 19.2 Å². The second-order valence-electron chi connectivity index (χ2n) is 6.83. The van der Waals surface area contributed by atoms with Crippen molar-refractivity contribution in [2.45, 2.75) is 50.3 Å². The minimum absolute atomic E-state index is 0.110. The number of non-ortho nitro benzene ring substituents is 1. The lowest BCUT2D eigenvalue weighted by molar-refractivity contribution is -0.384. The predicted octanol–water partition coefficient (Wildman–Crippen LogP) is 2.93. The Bertz CT molecular complexity index is 794. The minimum atomic E-state index is -3.82. The number of rotatable bonds is 10. The van der Waals surface area contributed by atoms with Gasteiger partial charge in [0.25, 0.3) is 5.69 Å². The Morgan fingerprint density at radius 1 is 1.39 bits per heavy atom. The molecule has 28 heavy (non-hydrogen) atoms. The van der Waals surface area contributed by atoms with E-state index < -0.39 is 26.9 Å². The zero-order valence-electron chi connectivity index (χ0n) is 16.2. The summed E-state index contributed by atoms with van der Waals surface area (Å²) >= 11 is 1.84. The summed E-state index contributed by atoms with van der Waals surface area (Å²) in [6.45, 7) is 2.18. The van der Waals surface area contributed by atoms with Crippen molar-refractivity contribution < 1.29 is 18.1 Å². The van der Waals surface area contributed by atoms with Gasteiger partial charge in [-0.1, -0.05) is 25.8 Å². The molecule has 0 aromatic heterocycles. The van der Waals surface area contributed by atoms with Crippen molar-refractivity contribution in [1.29, 1.82) is 0 Å². The summed E-state index contributed by atoms with van der Waals surface area (Å²) < 4.78 is 25.8. The number of nitro benzene ring substituents is 1. The fourth-order valence-corrected chi connectivity index (χ4v) is 5.80. The van der Waals surface area contributed by atoms with Gasteiger partial charge in [0.2, 0.25) is 15.9 Å². The molecule has 1 aliphatic rings. The number of benzene rings is 1. The zero-order chi connectivity index (χ0) is 20.7. The molecular weight excluding hydrogens is 402 g/mol. The number of carbonyl (C=O) groups is 1. The largest absolute Gasteiger partial charge is 0.353 e. The molecule has 0 bridgehead atoms. The molecule has 1 aliphatic carbocycles. The van der Waals surface area contributed by atoms with E-state index in [1.54, 1.807) is 6.92 Å². The van der Waals surface area contributed by atoms with Crippen LogP contribution < -0.4 is 9.62 Å². The van der Waals surface area contributed by atoms with Crippen LogP contribution in [0.5, 0.6) is 0 Å². The first-order valence-electron chi connectivity index (χ1n) is 9.37. The summed E-state index contributed by atoms with van der Waals surface area (Å²) in [4.78, 5) is 23.1. The molecular formula is C18H27N3O5S2. The number of carbonyl (C=O) groups excluding carboxylic acids is 1. The van der Waals surface area contributed by atoms with E-state index in [4.69, 9.17) is 0 Å². The minimum Gasteiger partial charge on any atom is -0.353 e. The van der Waals surface area contributed by atoms with Gasteiger partial charge in [0, 0.05) is 29.7 Å². The van der Waals surface area contributed by atoms with E-state index in [9.17, 15) is 23.3 Å². The van der Waals surface area contributed by atoms with E-state index in [0.29, 0.717) is 11.8 Å². The van der Waals surface area contributed by atoms with Crippen LogP contribution in [-0.2, 0) is 14.8 Å². The molecule has 1 atom stereocenters. The topological polar surface area (TPSA) is 110 Å². The third-order valence-corrected chi connectivity index (χ3v) is 7.24. The maximum atomic E-state index is 12.7. The molecule has 0 aliphatic heterocycles. The van der Waals surface area contributed by atoms with Crippen LogP contribution in [0.4, 0.5) is 11.4 Å². The SMILES string of the molecule is CC[C@H](C(=O)NCCSC1CCCC1)N(c1cccc([N+](=O)[O-])c1)S(C)(=O)=O. The average Bonchev–Trinajstić information content (AvgIpc) is 3.15. The van der Waals surface area contributed by atoms with Crippen LogP contribution in [0.15, 0.2) is 24.3 Å². The van der Waals surface area contributed by atoms with E-state index in [2.05, 4.69) is 5.32 Å². The predicted molar refractivity (Wildman–Crippen MR) is 112 cm³/mol. The summed E-state index contributed by atoms with van der Waals surface area (Å²) in [5.74, 6) is 0.383. The zero-order valence-corrected chi connectivity index (χ0v) is 17.8. The molecule has 1 fully saturated rings. The fraction of sp³-hybridized carbons (Fsp3) is 0.611. The lowest BCUT2D eigenvalue weighted by Crippen LogP contribution is -2.49. The van der Waals surface area contributed by atoms with Crippen molar-refractivity contribution in [1.82, 2.24) is 5.32 Å². The normalized spacial score (nSPS) is 15.9. The molecule has 1 saturated carbocycles. The van der Waals surface area contributed by atoms with Gasteiger partial charge in [0.05, 0.1) is 16.9 Å². The number of nitro groups is 1. The molecule has 0 radical (unpaired) electrons. The van der Waals surface area contributed by atoms with E-state index in [1.807, 2.05) is 11.8 Å². The molecule has 0 heterocycles. The van der Waals surface area contributed by atoms with Crippen LogP contribution >= 0.6 is 11.8 Å². The molecule has 0 unspecified atom stereocenters. The van der Waals surface area contributed by atoms with E-state index in [-0.39, 0.29) is 17.8 Å². The molecule has 8 nitrogen and oxygen atoms in total. The number of hydrogen-bond donors (Lipinski definition) is 1. The highest BCUT2D eigenvalue weighted by molar-refractivity contribution is 7.99. The third-order valence-electron chi connectivity index (χ3n) is 4.68. The number of hydrogen-bond acceptors (Lipinski definition) is 6. The number of nitrogens with zero attached hydrogens (tertiary/aromatic N) is 2. The molecule has 2 rings (SSSR count). The Labute approximate surface area is 170 Å². The summed E-state index contributed by atoms with van der Waals surface area (Å²) in [6.07, 6.45) is 6.19. The summed E-state index contributed by atoms with van der Waals surface area (Å²) in [5, 5.41) is 14.5. The summed E-state index contributed by atoms with van der Waals surface area (Å²) in [5.41, 5.74) is -0.117. The van der Waals surface area contributed by atoms with Crippen molar-refractivity contribution in [2.24, 2.45) is 0 Å². The molecule has 0 spiro atoms. The van der Waals surface area contributed by atoms with E-state index >= 15 is 0 Å². The Hall–Kier alpha value is -1.81. The van der Waals surface area contributed by atoms with Crippen LogP contribution in [0.3, 0.4) is 0 Å². The molecule has 1 aromatic rings. The molecule has 1 aromatic carbocycles. The van der Waals surface area contributed by atoms with Crippen LogP contribution in [0.25, 0.3) is 0 Å². The number of thioether (sulfide) groups is 1. The highest BCUT2D eigenvalue weighted by Crippen LogP contribution is 2.29. The van der Waals surface area contributed by atoms with Crippen molar-refractivity contribution in [2.75, 3.05) is 22.9 Å². The number of anilines is 1. The fourth-order valence-electron chi connectivity index (χ4n) is 3.38. The highest BCUT2D eigenvalue weighted by Gasteiger charge is 2.32. The van der Waals surface area contributed by atoms with Crippen molar-refractivity contribution in [3.63, 3.8) is 0 Å². The Morgan fingerprint density at radius 3 is 2.64 bits per heavy atom. The van der Waals surface area contributed by atoms with Gasteiger partial charge in [-0.2, -0.15) is 11.8 Å². The van der Waals surface area contributed by atoms with Crippen LogP contribution in [0, 0.1) is 10.1 Å². The molecule has 0 saturated heterocycles. The first-order chi connectivity index (χ1) is 13.2. The first-order valence-corrected chi connectivity index (χ1v) is 12.3. The maximum absolute atomic E-state index is 12.7. The van der Waals surface area contributed by atoms with Gasteiger partial charge >= 0.3 is 0 Å². The van der Waals surface area contributed by atoms with Crippen molar-refractivity contribution in [3.05, 3.63) is 34.4 Å². The Morgan fingerprint density at radius 2 is 2.07 bits per heavy atom. The molecule has 1 N–H and O–H groups in total. The number of nitrogens with one attached hydrogen (secondary N) is 1. The van der Waals surface area contributed by atoms with Gasteiger partial charge in [-0.25, -0.2) is 8.42 Å². The Balaban J connectivity index is 2.10. The Kier molecular flexibility index (Phi) is 8.11. The van der Waals surface area contributed by atoms with Gasteiger partial charge in [0.1, 0.15) is 6.04 Å². The van der Waals surface area contributed by atoms with Crippen molar-refractivity contribution >= 4 is 39.1 Å². The monoisotopic (exact) mass is 429 g/mol. The van der Waals surface area contributed by atoms with Gasteiger partial charge in [-0.15, -0.1) is 0 Å². The first kappa shape index (κ1) is 22.5. The summed E-state index contributed by atoms with van der Waals surface area (Å²) in [6, 6.07) is 4.36. The summed E-state index contributed by atoms with van der Waals surface area (Å²) in [7, 11) is -3.82. The third kappa shape index (κ3) is 6.10. The van der Waals surface area contributed by atoms with E-state index in [1.165, 1.54) is 49.9 Å². The van der Waals surface area contributed by atoms with Crippen molar-refractivity contribution in [3.8, 4) is 0 Å². The lowest BCUT2D eigenvalue weighted by Gasteiger charge is -2.30. The molecule has 10 heteroatoms. The maximum Gasteiger partial charge on any atom is 0.271 e. The number of amides is 1. The van der Waals surface area contributed by atoms with Crippen LogP contribution in [-0.4, -0.2) is 49.1 Å². The van der Waals surface area contributed by atoms with Crippen LogP contribution in [0.2, 0.25) is 0 Å². The standard InChI is InChI=1S/C18H27N3O5S2/c1-3-17(18(22)19-11-12-27-16-9-4-5-10-16)20(28(2,25)26)14-7-6-8-15(13-14)21(23)24/h6-8,13,16-17H,3-5,9-12H2,1-2H3,(H,19,22)/t17-/m1/s1. The number of sulfonamides is 1. The van der Waals surface area contributed by atoms with E-state index in [0.717, 1.165) is 16.3 Å². The smallest absolute Gasteiger partial charge is 0.271 e. The quantitative estimate of drug-likeness (QED) is 0.348. The van der Waals surface area contributed by atoms with Crippen LogP contribution in [0.1, 0.15) is 39.0 Å². The second-order valence-corrected chi connectivity index (χ2v) is 10.1.